The van der Waals surface area contributed by atoms with Gasteiger partial charge in [0.1, 0.15) is 5.75 Å². The van der Waals surface area contributed by atoms with Crippen LogP contribution >= 0.6 is 22.6 Å². The standard InChI is InChI=1S/C26H26IN5O/c1-2-18-4-3-5-22(16-18)33-26-29-15-12-23(31-26)25-24(19-6-8-20(27)9-7-19)30-17-32(25)21-10-13-28-14-11-21/h3-9,12,15-17,21,28H,2,10-11,13-14H2,1H3. The van der Waals surface area contributed by atoms with Crippen molar-refractivity contribution in [3.63, 3.8) is 0 Å². The largest absolute Gasteiger partial charge is 0.424 e. The Morgan fingerprint density at radius 1 is 1.06 bits per heavy atom. The number of imidazole rings is 1. The Kier molecular flexibility index (Phi) is 6.68. The summed E-state index contributed by atoms with van der Waals surface area (Å²) < 4.78 is 9.53. The predicted octanol–water partition coefficient (Wildman–Crippen LogP) is 5.89. The van der Waals surface area contributed by atoms with Gasteiger partial charge in [0.2, 0.25) is 0 Å². The maximum Gasteiger partial charge on any atom is 0.322 e. The SMILES string of the molecule is CCc1cccc(Oc2nccc(-c3c(-c4ccc(I)cc4)ncn3C3CCNCC3)n2)c1. The molecule has 2 aromatic carbocycles. The summed E-state index contributed by atoms with van der Waals surface area (Å²) in [6.45, 7) is 4.14. The molecule has 33 heavy (non-hydrogen) atoms. The number of hydrogen-bond acceptors (Lipinski definition) is 5. The zero-order valence-electron chi connectivity index (χ0n) is 18.5. The molecule has 1 fully saturated rings. The smallest absolute Gasteiger partial charge is 0.322 e. The van der Waals surface area contributed by atoms with Crippen LogP contribution in [0.15, 0.2) is 67.1 Å². The van der Waals surface area contributed by atoms with Gasteiger partial charge in [-0.05, 0) is 90.8 Å². The van der Waals surface area contributed by atoms with Crippen LogP contribution in [0.4, 0.5) is 0 Å². The molecule has 0 unspecified atom stereocenters. The first-order valence-electron chi connectivity index (χ1n) is 11.3. The van der Waals surface area contributed by atoms with Crippen LogP contribution in [0.1, 0.15) is 31.4 Å². The molecule has 1 aliphatic rings. The molecule has 0 aliphatic carbocycles. The van der Waals surface area contributed by atoms with Crippen molar-refractivity contribution >= 4 is 22.6 Å². The highest BCUT2D eigenvalue weighted by Crippen LogP contribution is 2.35. The number of hydrogen-bond donors (Lipinski definition) is 1. The fourth-order valence-electron chi connectivity index (χ4n) is 4.25. The predicted molar refractivity (Wildman–Crippen MR) is 138 cm³/mol. The normalized spacial score (nSPS) is 14.4. The first-order chi connectivity index (χ1) is 16.2. The van der Waals surface area contributed by atoms with Crippen LogP contribution in [0.3, 0.4) is 0 Å². The molecule has 6 nitrogen and oxygen atoms in total. The van der Waals surface area contributed by atoms with Crippen molar-refractivity contribution in [1.29, 1.82) is 0 Å². The van der Waals surface area contributed by atoms with Crippen molar-refractivity contribution in [2.75, 3.05) is 13.1 Å². The number of halogens is 1. The molecule has 168 valence electrons. The van der Waals surface area contributed by atoms with E-state index in [2.05, 4.69) is 74.7 Å². The Balaban J connectivity index is 1.56. The van der Waals surface area contributed by atoms with E-state index < -0.39 is 0 Å². The van der Waals surface area contributed by atoms with E-state index in [0.717, 1.165) is 60.7 Å². The number of benzene rings is 2. The topological polar surface area (TPSA) is 64.9 Å². The van der Waals surface area contributed by atoms with E-state index in [1.165, 1.54) is 9.13 Å². The molecule has 4 aromatic rings. The van der Waals surface area contributed by atoms with Crippen molar-refractivity contribution in [2.45, 2.75) is 32.2 Å². The molecule has 5 rings (SSSR count). The summed E-state index contributed by atoms with van der Waals surface area (Å²) in [6, 6.07) is 19.2. The van der Waals surface area contributed by atoms with E-state index in [0.29, 0.717) is 12.1 Å². The molecule has 2 aromatic heterocycles. The van der Waals surface area contributed by atoms with E-state index in [-0.39, 0.29) is 0 Å². The first kappa shape index (κ1) is 22.0. The summed E-state index contributed by atoms with van der Waals surface area (Å²) in [4.78, 5) is 14.0. The van der Waals surface area contributed by atoms with Gasteiger partial charge in [0.25, 0.3) is 0 Å². The zero-order chi connectivity index (χ0) is 22.6. The highest BCUT2D eigenvalue weighted by atomic mass is 127. The minimum atomic E-state index is 0.340. The Morgan fingerprint density at radius 2 is 1.88 bits per heavy atom. The number of nitrogens with zero attached hydrogens (tertiary/aromatic N) is 4. The van der Waals surface area contributed by atoms with Gasteiger partial charge in [0.15, 0.2) is 0 Å². The van der Waals surface area contributed by atoms with Gasteiger partial charge in [-0.2, -0.15) is 4.98 Å². The quantitative estimate of drug-likeness (QED) is 0.303. The number of piperidine rings is 1. The molecule has 0 amide bonds. The second-order valence-electron chi connectivity index (χ2n) is 8.16. The monoisotopic (exact) mass is 551 g/mol. The molecule has 0 radical (unpaired) electrons. The molecule has 1 aliphatic heterocycles. The lowest BCUT2D eigenvalue weighted by Crippen LogP contribution is -2.29. The van der Waals surface area contributed by atoms with Gasteiger partial charge in [-0.3, -0.25) is 0 Å². The van der Waals surface area contributed by atoms with Crippen LogP contribution in [0.5, 0.6) is 11.8 Å². The average molecular weight is 551 g/mol. The van der Waals surface area contributed by atoms with Gasteiger partial charge in [0.05, 0.1) is 23.4 Å². The van der Waals surface area contributed by atoms with Crippen LogP contribution in [0.2, 0.25) is 0 Å². The summed E-state index contributed by atoms with van der Waals surface area (Å²) in [5, 5.41) is 3.45. The lowest BCUT2D eigenvalue weighted by molar-refractivity contribution is 0.370. The maximum atomic E-state index is 6.04. The Bertz CT molecular complexity index is 1230. The summed E-state index contributed by atoms with van der Waals surface area (Å²) in [7, 11) is 0. The first-order valence-corrected chi connectivity index (χ1v) is 12.4. The molecule has 0 atom stereocenters. The second-order valence-corrected chi connectivity index (χ2v) is 9.41. The van der Waals surface area contributed by atoms with Crippen molar-refractivity contribution < 1.29 is 4.74 Å². The van der Waals surface area contributed by atoms with E-state index >= 15 is 0 Å². The number of nitrogens with one attached hydrogen (secondary N) is 1. The number of aryl methyl sites for hydroxylation is 1. The van der Waals surface area contributed by atoms with Gasteiger partial charge in [0, 0.05) is 21.4 Å². The Labute approximate surface area is 207 Å². The van der Waals surface area contributed by atoms with E-state index in [1.54, 1.807) is 6.20 Å². The van der Waals surface area contributed by atoms with E-state index in [9.17, 15) is 0 Å². The molecule has 0 spiro atoms. The van der Waals surface area contributed by atoms with Gasteiger partial charge in [-0.1, -0.05) is 31.2 Å². The lowest BCUT2D eigenvalue weighted by atomic mass is 10.0. The summed E-state index contributed by atoms with van der Waals surface area (Å²) in [5.41, 5.74) is 5.06. The molecule has 1 saturated heterocycles. The average Bonchev–Trinajstić information content (AvgIpc) is 3.31. The van der Waals surface area contributed by atoms with Crippen molar-refractivity contribution in [3.05, 3.63) is 76.3 Å². The van der Waals surface area contributed by atoms with E-state index in [1.807, 2.05) is 30.6 Å². The molecule has 0 bridgehead atoms. The molecular formula is C26H26IN5O. The van der Waals surface area contributed by atoms with E-state index in [4.69, 9.17) is 14.7 Å². The summed E-state index contributed by atoms with van der Waals surface area (Å²) in [5.74, 6) is 0.747. The zero-order valence-corrected chi connectivity index (χ0v) is 20.7. The molecule has 1 N–H and O–H groups in total. The number of ether oxygens (including phenoxy) is 1. The summed E-state index contributed by atoms with van der Waals surface area (Å²) in [6.07, 6.45) is 6.80. The fourth-order valence-corrected chi connectivity index (χ4v) is 4.61. The maximum absolute atomic E-state index is 6.04. The molecule has 0 saturated carbocycles. The molecule has 7 heteroatoms. The van der Waals surface area contributed by atoms with Crippen molar-refractivity contribution in [2.24, 2.45) is 0 Å². The van der Waals surface area contributed by atoms with Gasteiger partial charge in [-0.25, -0.2) is 9.97 Å². The third kappa shape index (κ3) is 4.94. The number of aromatic nitrogens is 4. The minimum absolute atomic E-state index is 0.340. The highest BCUT2D eigenvalue weighted by molar-refractivity contribution is 14.1. The van der Waals surface area contributed by atoms with Crippen LogP contribution in [0.25, 0.3) is 22.6 Å². The summed E-state index contributed by atoms with van der Waals surface area (Å²) >= 11 is 2.33. The fraction of sp³-hybridized carbons (Fsp3) is 0.269. The van der Waals surface area contributed by atoms with Crippen LogP contribution in [-0.2, 0) is 6.42 Å². The van der Waals surface area contributed by atoms with Gasteiger partial charge >= 0.3 is 6.01 Å². The Morgan fingerprint density at radius 3 is 2.67 bits per heavy atom. The van der Waals surface area contributed by atoms with Gasteiger partial charge in [-0.15, -0.1) is 0 Å². The Hall–Kier alpha value is -2.78. The third-order valence-electron chi connectivity index (χ3n) is 6.01. The second kappa shape index (κ2) is 10.0. The third-order valence-corrected chi connectivity index (χ3v) is 6.72. The highest BCUT2D eigenvalue weighted by Gasteiger charge is 2.23. The molecule has 3 heterocycles. The lowest BCUT2D eigenvalue weighted by Gasteiger charge is -2.25. The van der Waals surface area contributed by atoms with Crippen LogP contribution in [0, 0.1) is 3.57 Å². The van der Waals surface area contributed by atoms with Crippen molar-refractivity contribution in [1.82, 2.24) is 24.8 Å². The van der Waals surface area contributed by atoms with Crippen molar-refractivity contribution in [3.8, 4) is 34.4 Å². The molecular weight excluding hydrogens is 525 g/mol. The number of rotatable bonds is 6. The van der Waals surface area contributed by atoms with Crippen LogP contribution < -0.4 is 10.1 Å². The minimum Gasteiger partial charge on any atom is -0.424 e. The van der Waals surface area contributed by atoms with Crippen LogP contribution in [-0.4, -0.2) is 32.6 Å². The van der Waals surface area contributed by atoms with Gasteiger partial charge < -0.3 is 14.6 Å².